The number of hydrogen-bond donors (Lipinski definition) is 1. The molecule has 1 amide bonds. The van der Waals surface area contributed by atoms with Crippen molar-refractivity contribution in [3.63, 3.8) is 0 Å². The van der Waals surface area contributed by atoms with E-state index in [9.17, 15) is 4.79 Å². The van der Waals surface area contributed by atoms with Crippen molar-refractivity contribution in [3.8, 4) is 0 Å². The Bertz CT molecular complexity index is 348. The van der Waals surface area contributed by atoms with Gasteiger partial charge < -0.3 is 10.2 Å². The van der Waals surface area contributed by atoms with Crippen molar-refractivity contribution in [3.05, 3.63) is 0 Å². The first-order valence-corrected chi connectivity index (χ1v) is 8.84. The predicted octanol–water partition coefficient (Wildman–Crippen LogP) is 2.41. The van der Waals surface area contributed by atoms with Crippen molar-refractivity contribution in [2.45, 2.75) is 44.6 Å². The van der Waals surface area contributed by atoms with Crippen LogP contribution in [0.1, 0.15) is 38.5 Å². The number of rotatable bonds is 5. The molecule has 2 saturated carbocycles. The molecule has 0 spiro atoms. The van der Waals surface area contributed by atoms with E-state index in [1.807, 2.05) is 0 Å². The third-order valence-corrected chi connectivity index (χ3v) is 5.80. The Hall–Kier alpha value is -0.290. The summed E-state index contributed by atoms with van der Waals surface area (Å²) in [5.41, 5.74) is 0. The largest absolute Gasteiger partial charge is 0.358 e. The number of nitrogens with zero attached hydrogens (tertiary/aromatic N) is 1. The number of hydrogen-bond acceptors (Lipinski definition) is 3. The highest BCUT2D eigenvalue weighted by Crippen LogP contribution is 2.44. The zero-order valence-electron chi connectivity index (χ0n) is 11.3. The second-order valence-corrected chi connectivity index (χ2v) is 7.63. The van der Waals surface area contributed by atoms with Crippen LogP contribution in [-0.4, -0.2) is 40.0 Å². The van der Waals surface area contributed by atoms with E-state index in [0.29, 0.717) is 11.8 Å². The molecule has 1 heterocycles. The molecule has 0 bridgehead atoms. The zero-order valence-corrected chi connectivity index (χ0v) is 12.9. The van der Waals surface area contributed by atoms with Crippen LogP contribution in [0.3, 0.4) is 0 Å². The molecule has 1 aliphatic heterocycles. The number of thiocarbonyl (C=S) groups is 1. The lowest BCUT2D eigenvalue weighted by Gasteiger charge is -2.19. The van der Waals surface area contributed by atoms with Crippen LogP contribution < -0.4 is 5.32 Å². The van der Waals surface area contributed by atoms with Crippen LogP contribution >= 0.6 is 24.0 Å². The Morgan fingerprint density at radius 2 is 1.79 bits per heavy atom. The summed E-state index contributed by atoms with van der Waals surface area (Å²) in [5.74, 6) is 2.21. The minimum atomic E-state index is 0.176. The maximum atomic E-state index is 12.0. The number of nitrogens with one attached hydrogen (secondary N) is 1. The average molecular weight is 298 g/mol. The predicted molar refractivity (Wildman–Crippen MR) is 83.2 cm³/mol. The van der Waals surface area contributed by atoms with Gasteiger partial charge in [0, 0.05) is 19.1 Å². The van der Waals surface area contributed by atoms with E-state index in [2.05, 4.69) is 10.2 Å². The van der Waals surface area contributed by atoms with Gasteiger partial charge in [0.15, 0.2) is 0 Å². The molecule has 0 aromatic rings. The molecule has 2 aliphatic carbocycles. The molecule has 106 valence electrons. The summed E-state index contributed by atoms with van der Waals surface area (Å²) in [6.45, 7) is 2.14. The van der Waals surface area contributed by atoms with Crippen LogP contribution in [0, 0.1) is 11.8 Å². The molecule has 1 saturated heterocycles. The molecular weight excluding hydrogens is 276 g/mol. The topological polar surface area (TPSA) is 32.3 Å². The highest BCUT2D eigenvalue weighted by Gasteiger charge is 2.42. The zero-order chi connectivity index (χ0) is 13.2. The lowest BCUT2D eigenvalue weighted by atomic mass is 10.1. The molecule has 0 unspecified atom stereocenters. The Balaban J connectivity index is 1.39. The second-order valence-electron chi connectivity index (χ2n) is 6.02. The van der Waals surface area contributed by atoms with Gasteiger partial charge in [0.05, 0.1) is 5.75 Å². The van der Waals surface area contributed by atoms with Gasteiger partial charge in [-0.3, -0.25) is 4.79 Å². The monoisotopic (exact) mass is 298 g/mol. The third-order valence-electron chi connectivity index (χ3n) is 4.28. The first-order valence-electron chi connectivity index (χ1n) is 7.45. The van der Waals surface area contributed by atoms with Gasteiger partial charge in [-0.05, 0) is 50.4 Å². The summed E-state index contributed by atoms with van der Waals surface area (Å²) < 4.78 is 0.905. The van der Waals surface area contributed by atoms with E-state index in [1.54, 1.807) is 0 Å². The Morgan fingerprint density at radius 1 is 1.21 bits per heavy atom. The van der Waals surface area contributed by atoms with Gasteiger partial charge in [-0.25, -0.2) is 0 Å². The van der Waals surface area contributed by atoms with Gasteiger partial charge in [-0.2, -0.15) is 0 Å². The first kappa shape index (κ1) is 13.7. The summed E-state index contributed by atoms with van der Waals surface area (Å²) in [6.07, 6.45) is 7.69. The van der Waals surface area contributed by atoms with Crippen LogP contribution in [0.5, 0.6) is 0 Å². The molecule has 1 N–H and O–H groups in total. The lowest BCUT2D eigenvalue weighted by molar-refractivity contribution is -0.119. The summed E-state index contributed by atoms with van der Waals surface area (Å²) in [6, 6.07) is 0.466. The Kier molecular flexibility index (Phi) is 4.32. The highest BCUT2D eigenvalue weighted by atomic mass is 32.2. The Labute approximate surface area is 124 Å². The second kappa shape index (κ2) is 6.00. The molecule has 0 aromatic carbocycles. The van der Waals surface area contributed by atoms with Crippen LogP contribution in [-0.2, 0) is 4.79 Å². The molecule has 0 atom stereocenters. The fourth-order valence-corrected chi connectivity index (χ4v) is 3.94. The minimum absolute atomic E-state index is 0.176. The van der Waals surface area contributed by atoms with Crippen molar-refractivity contribution < 1.29 is 4.79 Å². The highest BCUT2D eigenvalue weighted by molar-refractivity contribution is 8.23. The van der Waals surface area contributed by atoms with E-state index >= 15 is 0 Å². The standard InChI is InChI=1S/C14H22N2OS2/c17-12(9-19-14(18)16-7-1-2-8-16)15-13(10-3-4-10)11-5-6-11/h10-11,13H,1-9H2,(H,15,17). The molecule has 3 fully saturated rings. The number of likely N-dealkylation sites (tertiary alicyclic amines) is 1. The van der Waals surface area contributed by atoms with Gasteiger partial charge >= 0.3 is 0 Å². The van der Waals surface area contributed by atoms with Gasteiger partial charge in [0.25, 0.3) is 0 Å². The maximum absolute atomic E-state index is 12.0. The average Bonchev–Trinajstić information content (AvgIpc) is 3.33. The fourth-order valence-electron chi connectivity index (χ4n) is 2.88. The van der Waals surface area contributed by atoms with E-state index in [4.69, 9.17) is 12.2 Å². The van der Waals surface area contributed by atoms with Gasteiger partial charge in [0.2, 0.25) is 5.91 Å². The summed E-state index contributed by atoms with van der Waals surface area (Å²) in [7, 11) is 0. The van der Waals surface area contributed by atoms with Crippen molar-refractivity contribution in [1.29, 1.82) is 0 Å². The molecule has 3 nitrogen and oxygen atoms in total. The molecular formula is C14H22N2OS2. The molecule has 5 heteroatoms. The van der Waals surface area contributed by atoms with Crippen molar-refractivity contribution in [2.24, 2.45) is 11.8 Å². The van der Waals surface area contributed by atoms with Gasteiger partial charge in [-0.1, -0.05) is 24.0 Å². The van der Waals surface area contributed by atoms with Crippen molar-refractivity contribution in [2.75, 3.05) is 18.8 Å². The lowest BCUT2D eigenvalue weighted by Crippen LogP contribution is -2.39. The number of carbonyl (C=O) groups is 1. The van der Waals surface area contributed by atoms with E-state index in [-0.39, 0.29) is 5.91 Å². The minimum Gasteiger partial charge on any atom is -0.358 e. The summed E-state index contributed by atoms with van der Waals surface area (Å²) in [5, 5.41) is 3.25. The molecule has 0 aromatic heterocycles. The number of thioether (sulfide) groups is 1. The van der Waals surface area contributed by atoms with Crippen molar-refractivity contribution in [1.82, 2.24) is 10.2 Å². The number of amides is 1. The smallest absolute Gasteiger partial charge is 0.230 e. The molecule has 19 heavy (non-hydrogen) atoms. The third kappa shape index (κ3) is 3.85. The summed E-state index contributed by atoms with van der Waals surface area (Å²) >= 11 is 6.92. The summed E-state index contributed by atoms with van der Waals surface area (Å²) in [4.78, 5) is 14.3. The quantitative estimate of drug-likeness (QED) is 0.790. The SMILES string of the molecule is O=C(CSC(=S)N1CCCC1)NC(C1CC1)C1CC1. The first-order chi connectivity index (χ1) is 9.24. The molecule has 3 aliphatic rings. The van der Waals surface area contributed by atoms with Crippen LogP contribution in [0.25, 0.3) is 0 Å². The normalized spacial score (nSPS) is 22.9. The van der Waals surface area contributed by atoms with E-state index < -0.39 is 0 Å². The van der Waals surface area contributed by atoms with Crippen molar-refractivity contribution >= 4 is 34.2 Å². The fraction of sp³-hybridized carbons (Fsp3) is 0.857. The van der Waals surface area contributed by atoms with Crippen LogP contribution in [0.15, 0.2) is 0 Å². The van der Waals surface area contributed by atoms with E-state index in [0.717, 1.165) is 29.2 Å². The van der Waals surface area contributed by atoms with Crippen LogP contribution in [0.2, 0.25) is 0 Å². The maximum Gasteiger partial charge on any atom is 0.230 e. The van der Waals surface area contributed by atoms with E-state index in [1.165, 1.54) is 50.3 Å². The van der Waals surface area contributed by atoms with Gasteiger partial charge in [-0.15, -0.1) is 0 Å². The van der Waals surface area contributed by atoms with Gasteiger partial charge in [0.1, 0.15) is 4.32 Å². The molecule has 0 radical (unpaired) electrons. The number of carbonyl (C=O) groups excluding carboxylic acids is 1. The van der Waals surface area contributed by atoms with Crippen LogP contribution in [0.4, 0.5) is 0 Å². The molecule has 3 rings (SSSR count). The Morgan fingerprint density at radius 3 is 2.32 bits per heavy atom.